The first kappa shape index (κ1) is 18.7. The molecule has 27 heavy (non-hydrogen) atoms. The number of halogens is 1. The fourth-order valence-electron chi connectivity index (χ4n) is 3.83. The number of carbonyl (C=O) groups excluding carboxylic acids is 1. The number of rotatable bonds is 4. The van der Waals surface area contributed by atoms with Crippen molar-refractivity contribution < 1.29 is 13.2 Å². The van der Waals surface area contributed by atoms with E-state index in [0.717, 1.165) is 16.1 Å². The average molecular weight is 423 g/mol. The molecular weight excluding hydrogens is 404 g/mol. The number of nitrogens with zero attached hydrogens (tertiary/aromatic N) is 2. The van der Waals surface area contributed by atoms with Crippen LogP contribution in [0.1, 0.15) is 5.56 Å². The highest BCUT2D eigenvalue weighted by molar-refractivity contribution is 7.98. The van der Waals surface area contributed by atoms with Gasteiger partial charge in [0.15, 0.2) is 9.84 Å². The van der Waals surface area contributed by atoms with Crippen LogP contribution in [0.2, 0.25) is 5.02 Å². The summed E-state index contributed by atoms with van der Waals surface area (Å²) in [6.07, 6.45) is 1.97. The quantitative estimate of drug-likeness (QED) is 0.557. The van der Waals surface area contributed by atoms with E-state index in [2.05, 4.69) is 0 Å². The molecule has 2 atom stereocenters. The van der Waals surface area contributed by atoms with Crippen LogP contribution in [0.25, 0.3) is 0 Å². The first-order valence-corrected chi connectivity index (χ1v) is 12.0. The maximum Gasteiger partial charge on any atom is 0.325 e. The molecule has 0 saturated carbocycles. The van der Waals surface area contributed by atoms with Gasteiger partial charge in [-0.3, -0.25) is 4.90 Å². The molecule has 0 unspecified atom stereocenters. The minimum atomic E-state index is -3.19. The van der Waals surface area contributed by atoms with E-state index in [1.54, 1.807) is 27.6 Å². The summed E-state index contributed by atoms with van der Waals surface area (Å²) in [6.45, 7) is 0.300. The summed E-state index contributed by atoms with van der Waals surface area (Å²) in [5, 5.41) is 0.575. The smallest absolute Gasteiger partial charge is 0.314 e. The molecule has 4 rings (SSSR count). The standard InChI is InChI=1S/C19H19ClN2O3S2/c1-26-15-7-4-6-14(9-15)22-18-12-27(24,25)11-17(18)21(19(22)23)10-13-5-2-3-8-16(13)20/h2-9,17-18H,10-12H2,1H3/t17-,18-/m0/s1. The van der Waals surface area contributed by atoms with E-state index in [1.807, 2.05) is 48.7 Å². The lowest BCUT2D eigenvalue weighted by Gasteiger charge is -2.23. The minimum Gasteiger partial charge on any atom is -0.314 e. The molecule has 2 saturated heterocycles. The van der Waals surface area contributed by atoms with Gasteiger partial charge in [-0.25, -0.2) is 13.2 Å². The van der Waals surface area contributed by atoms with E-state index in [-0.39, 0.29) is 29.6 Å². The minimum absolute atomic E-state index is 0.00736. The highest BCUT2D eigenvalue weighted by Gasteiger charge is 2.53. The van der Waals surface area contributed by atoms with Crippen LogP contribution in [0.3, 0.4) is 0 Å². The molecule has 0 aromatic heterocycles. The van der Waals surface area contributed by atoms with Gasteiger partial charge in [0.25, 0.3) is 0 Å². The maximum atomic E-state index is 13.3. The molecular formula is C19H19ClN2O3S2. The van der Waals surface area contributed by atoms with Gasteiger partial charge >= 0.3 is 6.03 Å². The third-order valence-corrected chi connectivity index (χ3v) is 7.90. The van der Waals surface area contributed by atoms with Gasteiger partial charge < -0.3 is 4.90 Å². The van der Waals surface area contributed by atoms with Crippen molar-refractivity contribution in [2.45, 2.75) is 23.5 Å². The Morgan fingerprint density at radius 3 is 2.59 bits per heavy atom. The number of thioether (sulfide) groups is 1. The van der Waals surface area contributed by atoms with Crippen LogP contribution < -0.4 is 4.90 Å². The lowest BCUT2D eigenvalue weighted by Crippen LogP contribution is -2.37. The molecule has 0 radical (unpaired) electrons. The van der Waals surface area contributed by atoms with Crippen LogP contribution >= 0.6 is 23.4 Å². The van der Waals surface area contributed by atoms with Gasteiger partial charge in [0.1, 0.15) is 0 Å². The molecule has 2 amide bonds. The molecule has 2 aliphatic heterocycles. The Morgan fingerprint density at radius 2 is 1.85 bits per heavy atom. The molecule has 2 fully saturated rings. The van der Waals surface area contributed by atoms with Gasteiger partial charge in [-0.2, -0.15) is 0 Å². The van der Waals surface area contributed by atoms with Gasteiger partial charge in [0, 0.05) is 22.2 Å². The topological polar surface area (TPSA) is 57.7 Å². The Labute approximate surface area is 168 Å². The fraction of sp³-hybridized carbons (Fsp3) is 0.316. The van der Waals surface area contributed by atoms with Crippen molar-refractivity contribution in [3.05, 3.63) is 59.1 Å². The Morgan fingerprint density at radius 1 is 1.11 bits per heavy atom. The van der Waals surface area contributed by atoms with Crippen LogP contribution in [0.5, 0.6) is 0 Å². The summed E-state index contributed by atoms with van der Waals surface area (Å²) >= 11 is 7.86. The Kier molecular flexibility index (Phi) is 4.86. The Balaban J connectivity index is 1.73. The molecule has 0 bridgehead atoms. The van der Waals surface area contributed by atoms with Crippen molar-refractivity contribution in [2.75, 3.05) is 22.7 Å². The number of fused-ring (bicyclic) bond motifs is 1. The third-order valence-electron chi connectivity index (χ3n) is 5.11. The van der Waals surface area contributed by atoms with Crippen molar-refractivity contribution in [1.29, 1.82) is 0 Å². The fourth-order valence-corrected chi connectivity index (χ4v) is 6.43. The second-order valence-electron chi connectivity index (χ2n) is 6.78. The van der Waals surface area contributed by atoms with Gasteiger partial charge in [0.05, 0.1) is 23.6 Å². The van der Waals surface area contributed by atoms with Gasteiger partial charge in [-0.15, -0.1) is 11.8 Å². The highest BCUT2D eigenvalue weighted by atomic mass is 35.5. The second-order valence-corrected chi connectivity index (χ2v) is 10.2. The molecule has 2 aliphatic rings. The number of sulfone groups is 1. The lowest BCUT2D eigenvalue weighted by atomic mass is 10.1. The summed E-state index contributed by atoms with van der Waals surface area (Å²) in [7, 11) is -3.19. The summed E-state index contributed by atoms with van der Waals surface area (Å²) < 4.78 is 24.6. The predicted octanol–water partition coefficient (Wildman–Crippen LogP) is 3.67. The normalized spacial score (nSPS) is 23.7. The van der Waals surface area contributed by atoms with Gasteiger partial charge in [-0.05, 0) is 36.1 Å². The summed E-state index contributed by atoms with van der Waals surface area (Å²) in [5.41, 5.74) is 1.55. The van der Waals surface area contributed by atoms with Crippen molar-refractivity contribution in [3.63, 3.8) is 0 Å². The molecule has 0 aliphatic carbocycles. The van der Waals surface area contributed by atoms with E-state index < -0.39 is 9.84 Å². The van der Waals surface area contributed by atoms with Crippen LogP contribution in [-0.2, 0) is 16.4 Å². The van der Waals surface area contributed by atoms with Crippen LogP contribution in [-0.4, -0.2) is 49.2 Å². The van der Waals surface area contributed by atoms with E-state index >= 15 is 0 Å². The van der Waals surface area contributed by atoms with Crippen LogP contribution in [0.15, 0.2) is 53.4 Å². The molecule has 142 valence electrons. The molecule has 2 aromatic carbocycles. The summed E-state index contributed by atoms with van der Waals surface area (Å²) in [6, 6.07) is 14.1. The van der Waals surface area contributed by atoms with Gasteiger partial charge in [-0.1, -0.05) is 35.9 Å². The number of anilines is 1. The number of benzene rings is 2. The molecule has 0 spiro atoms. The van der Waals surface area contributed by atoms with Gasteiger partial charge in [0.2, 0.25) is 0 Å². The number of urea groups is 1. The number of carbonyl (C=O) groups is 1. The van der Waals surface area contributed by atoms with E-state index in [9.17, 15) is 13.2 Å². The monoisotopic (exact) mass is 422 g/mol. The number of hydrogen-bond donors (Lipinski definition) is 0. The Hall–Kier alpha value is -1.70. The lowest BCUT2D eigenvalue weighted by molar-refractivity contribution is 0.206. The first-order chi connectivity index (χ1) is 12.9. The molecule has 8 heteroatoms. The van der Waals surface area contributed by atoms with E-state index in [0.29, 0.717) is 11.6 Å². The number of amides is 2. The van der Waals surface area contributed by atoms with Crippen molar-refractivity contribution in [2.24, 2.45) is 0 Å². The van der Waals surface area contributed by atoms with Crippen molar-refractivity contribution in [1.82, 2.24) is 4.90 Å². The van der Waals surface area contributed by atoms with E-state index in [4.69, 9.17) is 11.6 Å². The van der Waals surface area contributed by atoms with E-state index in [1.165, 1.54) is 0 Å². The molecule has 2 heterocycles. The zero-order chi connectivity index (χ0) is 19.2. The highest BCUT2D eigenvalue weighted by Crippen LogP contribution is 2.37. The Bertz CT molecular complexity index is 996. The third kappa shape index (κ3) is 3.44. The maximum absolute atomic E-state index is 13.3. The SMILES string of the molecule is CSc1cccc(N2C(=O)N(Cc3ccccc3Cl)[C@H]3CS(=O)(=O)C[C@@H]32)c1. The zero-order valence-electron chi connectivity index (χ0n) is 14.7. The van der Waals surface area contributed by atoms with Crippen LogP contribution in [0.4, 0.5) is 10.5 Å². The molecule has 2 aromatic rings. The largest absolute Gasteiger partial charge is 0.325 e. The average Bonchev–Trinajstić information content (AvgIpc) is 3.07. The molecule has 5 nitrogen and oxygen atoms in total. The summed E-state index contributed by atoms with van der Waals surface area (Å²) in [4.78, 5) is 17.6. The first-order valence-electron chi connectivity index (χ1n) is 8.57. The van der Waals surface area contributed by atoms with Crippen molar-refractivity contribution >= 4 is 44.9 Å². The van der Waals surface area contributed by atoms with Crippen LogP contribution in [0, 0.1) is 0 Å². The van der Waals surface area contributed by atoms with Crippen molar-refractivity contribution in [3.8, 4) is 0 Å². The number of hydrogen-bond acceptors (Lipinski definition) is 4. The second kappa shape index (κ2) is 7.04. The zero-order valence-corrected chi connectivity index (χ0v) is 17.1. The molecule has 0 N–H and O–H groups in total. The predicted molar refractivity (Wildman–Crippen MR) is 109 cm³/mol. The summed E-state index contributed by atoms with van der Waals surface area (Å²) in [5.74, 6) is -0.0154.